The highest BCUT2D eigenvalue weighted by Crippen LogP contribution is 2.39. The highest BCUT2D eigenvalue weighted by molar-refractivity contribution is 14.0. The molecule has 1 aromatic heterocycles. The molecule has 0 radical (unpaired) electrons. The van der Waals surface area contributed by atoms with Crippen molar-refractivity contribution in [2.24, 2.45) is 4.99 Å². The lowest BCUT2D eigenvalue weighted by Gasteiger charge is -2.38. The number of benzene rings is 1. The zero-order chi connectivity index (χ0) is 20.9. The number of hydrogen-bond donors (Lipinski definition) is 3. The van der Waals surface area contributed by atoms with Gasteiger partial charge in [0.05, 0.1) is 12.3 Å². The lowest BCUT2D eigenvalue weighted by Crippen LogP contribution is -2.45. The second kappa shape index (κ2) is 10.7. The highest BCUT2D eigenvalue weighted by atomic mass is 127. The van der Waals surface area contributed by atoms with Gasteiger partial charge in [0.25, 0.3) is 5.91 Å². The number of aryl methyl sites for hydroxylation is 1. The standard InChI is InChI=1S/C22H30N4O3.HI/c1-15-10-13-28-19(15)20(27)24-11-7-12-25-21(23-4)26-17-14-22(2,3)29-18-9-6-5-8-16(17)18;/h5-6,8-10,13,17H,7,11-12,14H2,1-4H3,(H,24,27)(H2,23,25,26);1H. The molecular weight excluding hydrogens is 495 g/mol. The molecule has 3 rings (SSSR count). The third-order valence-electron chi connectivity index (χ3n) is 4.91. The van der Waals surface area contributed by atoms with Crippen LogP contribution in [0.25, 0.3) is 0 Å². The minimum absolute atomic E-state index is 0. The number of nitrogens with one attached hydrogen (secondary N) is 3. The molecule has 0 saturated carbocycles. The molecule has 1 aliphatic heterocycles. The molecule has 1 aromatic carbocycles. The van der Waals surface area contributed by atoms with Gasteiger partial charge in [-0.1, -0.05) is 18.2 Å². The summed E-state index contributed by atoms with van der Waals surface area (Å²) < 4.78 is 11.3. The van der Waals surface area contributed by atoms with Crippen LogP contribution in [0.5, 0.6) is 5.75 Å². The number of amides is 1. The van der Waals surface area contributed by atoms with E-state index in [1.165, 1.54) is 6.26 Å². The summed E-state index contributed by atoms with van der Waals surface area (Å²) in [6.45, 7) is 7.28. The molecule has 0 aliphatic carbocycles. The number of hydrogen-bond acceptors (Lipinski definition) is 4. The molecule has 0 bridgehead atoms. The van der Waals surface area contributed by atoms with Crippen LogP contribution >= 0.6 is 24.0 Å². The predicted molar refractivity (Wildman–Crippen MR) is 129 cm³/mol. The van der Waals surface area contributed by atoms with Gasteiger partial charge in [0.1, 0.15) is 11.4 Å². The summed E-state index contributed by atoms with van der Waals surface area (Å²) in [7, 11) is 1.76. The summed E-state index contributed by atoms with van der Waals surface area (Å²) in [5.74, 6) is 1.83. The molecule has 1 aliphatic rings. The van der Waals surface area contributed by atoms with Crippen LogP contribution < -0.4 is 20.7 Å². The molecule has 2 aromatic rings. The average molecular weight is 526 g/mol. The van der Waals surface area contributed by atoms with Gasteiger partial charge >= 0.3 is 0 Å². The number of aliphatic imine (C=N–C) groups is 1. The van der Waals surface area contributed by atoms with Crippen molar-refractivity contribution in [1.29, 1.82) is 0 Å². The van der Waals surface area contributed by atoms with E-state index in [9.17, 15) is 4.79 Å². The first-order valence-corrected chi connectivity index (χ1v) is 9.97. The molecule has 2 heterocycles. The third-order valence-corrected chi connectivity index (χ3v) is 4.91. The molecule has 30 heavy (non-hydrogen) atoms. The van der Waals surface area contributed by atoms with Gasteiger partial charge in [-0.25, -0.2) is 0 Å². The van der Waals surface area contributed by atoms with Crippen LogP contribution in [0.1, 0.15) is 54.4 Å². The number of furan rings is 1. The van der Waals surface area contributed by atoms with E-state index in [4.69, 9.17) is 9.15 Å². The van der Waals surface area contributed by atoms with Crippen LogP contribution in [0.3, 0.4) is 0 Å². The number of rotatable bonds is 6. The Kier molecular flexibility index (Phi) is 8.57. The maximum absolute atomic E-state index is 12.0. The molecule has 7 nitrogen and oxygen atoms in total. The first kappa shape index (κ1) is 24.0. The van der Waals surface area contributed by atoms with Crippen LogP contribution in [0.2, 0.25) is 0 Å². The van der Waals surface area contributed by atoms with Gasteiger partial charge in [0.2, 0.25) is 0 Å². The summed E-state index contributed by atoms with van der Waals surface area (Å²) in [4.78, 5) is 16.4. The Morgan fingerprint density at radius 1 is 1.20 bits per heavy atom. The minimum Gasteiger partial charge on any atom is -0.487 e. The maximum atomic E-state index is 12.0. The van der Waals surface area contributed by atoms with Crippen molar-refractivity contribution < 1.29 is 13.9 Å². The predicted octanol–water partition coefficient (Wildman–Crippen LogP) is 3.79. The number of ether oxygens (including phenoxy) is 1. The molecule has 164 valence electrons. The van der Waals surface area contributed by atoms with Crippen molar-refractivity contribution in [3.05, 3.63) is 53.5 Å². The zero-order valence-corrected chi connectivity index (χ0v) is 20.3. The maximum Gasteiger partial charge on any atom is 0.287 e. The largest absolute Gasteiger partial charge is 0.487 e. The van der Waals surface area contributed by atoms with Crippen molar-refractivity contribution >= 4 is 35.8 Å². The van der Waals surface area contributed by atoms with E-state index >= 15 is 0 Å². The van der Waals surface area contributed by atoms with Crippen molar-refractivity contribution in [2.45, 2.75) is 45.3 Å². The third kappa shape index (κ3) is 6.13. The Morgan fingerprint density at radius 2 is 1.93 bits per heavy atom. The number of nitrogens with zero attached hydrogens (tertiary/aromatic N) is 1. The number of para-hydroxylation sites is 1. The lowest BCUT2D eigenvalue weighted by molar-refractivity contribution is 0.0694. The first-order chi connectivity index (χ1) is 13.9. The second-order valence-corrected chi connectivity index (χ2v) is 7.84. The topological polar surface area (TPSA) is 87.9 Å². The molecule has 3 N–H and O–H groups in total. The van der Waals surface area contributed by atoms with Gasteiger partial charge in [0, 0.05) is 37.7 Å². The van der Waals surface area contributed by atoms with Crippen LogP contribution in [0.4, 0.5) is 0 Å². The van der Waals surface area contributed by atoms with Crippen LogP contribution in [0, 0.1) is 6.92 Å². The van der Waals surface area contributed by atoms with E-state index in [0.717, 1.165) is 35.7 Å². The van der Waals surface area contributed by atoms with Gasteiger partial charge in [-0.3, -0.25) is 9.79 Å². The second-order valence-electron chi connectivity index (χ2n) is 7.84. The van der Waals surface area contributed by atoms with E-state index < -0.39 is 0 Å². The van der Waals surface area contributed by atoms with Crippen molar-refractivity contribution in [2.75, 3.05) is 20.1 Å². The average Bonchev–Trinajstić information content (AvgIpc) is 3.11. The van der Waals surface area contributed by atoms with Crippen molar-refractivity contribution in [1.82, 2.24) is 16.0 Å². The van der Waals surface area contributed by atoms with E-state index in [1.807, 2.05) is 25.1 Å². The first-order valence-electron chi connectivity index (χ1n) is 9.97. The molecule has 1 unspecified atom stereocenters. The summed E-state index contributed by atoms with van der Waals surface area (Å²) in [5, 5.41) is 9.69. The fraction of sp³-hybridized carbons (Fsp3) is 0.455. The molecular formula is C22H31IN4O3. The Bertz CT molecular complexity index is 879. The van der Waals surface area contributed by atoms with Crippen LogP contribution in [-0.4, -0.2) is 37.6 Å². The SMILES string of the molecule is CN=C(NCCCNC(=O)c1occc1C)NC1CC(C)(C)Oc2ccccc21.I. The van der Waals surface area contributed by atoms with Gasteiger partial charge < -0.3 is 25.1 Å². The molecule has 0 fully saturated rings. The summed E-state index contributed by atoms with van der Waals surface area (Å²) in [6, 6.07) is 9.99. The number of fused-ring (bicyclic) bond motifs is 1. The Balaban J connectivity index is 0.00000320. The number of carbonyl (C=O) groups excluding carboxylic acids is 1. The smallest absolute Gasteiger partial charge is 0.287 e. The molecule has 0 spiro atoms. The number of halogens is 1. The highest BCUT2D eigenvalue weighted by Gasteiger charge is 2.33. The fourth-order valence-corrected chi connectivity index (χ4v) is 3.47. The Labute approximate surface area is 195 Å². The lowest BCUT2D eigenvalue weighted by atomic mass is 9.90. The number of carbonyl (C=O) groups is 1. The van der Waals surface area contributed by atoms with E-state index in [1.54, 1.807) is 13.1 Å². The van der Waals surface area contributed by atoms with Crippen molar-refractivity contribution in [3.8, 4) is 5.75 Å². The Morgan fingerprint density at radius 3 is 2.63 bits per heavy atom. The van der Waals surface area contributed by atoms with E-state index in [2.05, 4.69) is 40.9 Å². The Hall–Kier alpha value is -2.23. The number of guanidine groups is 1. The minimum atomic E-state index is -0.251. The fourth-order valence-electron chi connectivity index (χ4n) is 3.47. The summed E-state index contributed by atoms with van der Waals surface area (Å²) >= 11 is 0. The van der Waals surface area contributed by atoms with Gasteiger partial charge in [-0.2, -0.15) is 0 Å². The van der Waals surface area contributed by atoms with Gasteiger partial charge in [-0.05, 0) is 39.3 Å². The molecule has 8 heteroatoms. The van der Waals surface area contributed by atoms with Gasteiger partial charge in [0.15, 0.2) is 11.7 Å². The van der Waals surface area contributed by atoms with Crippen LogP contribution in [-0.2, 0) is 0 Å². The summed E-state index contributed by atoms with van der Waals surface area (Å²) in [5.41, 5.74) is 1.72. The zero-order valence-electron chi connectivity index (χ0n) is 18.0. The van der Waals surface area contributed by atoms with Crippen LogP contribution in [0.15, 0.2) is 46.0 Å². The molecule has 0 saturated heterocycles. The van der Waals surface area contributed by atoms with Gasteiger partial charge in [-0.15, -0.1) is 24.0 Å². The quantitative estimate of drug-likeness (QED) is 0.231. The normalized spacial score (nSPS) is 17.2. The van der Waals surface area contributed by atoms with E-state index in [-0.39, 0.29) is 41.5 Å². The monoisotopic (exact) mass is 526 g/mol. The van der Waals surface area contributed by atoms with Crippen molar-refractivity contribution in [3.63, 3.8) is 0 Å². The van der Waals surface area contributed by atoms with E-state index in [0.29, 0.717) is 18.8 Å². The summed E-state index contributed by atoms with van der Waals surface area (Å²) in [6.07, 6.45) is 3.13. The molecule has 1 amide bonds. The molecule has 1 atom stereocenters.